The summed E-state index contributed by atoms with van der Waals surface area (Å²) in [5, 5.41) is 3.18. The molecular formula is C22H24N4O3. The second-order valence-corrected chi connectivity index (χ2v) is 7.00. The van der Waals surface area contributed by atoms with Gasteiger partial charge < -0.3 is 15.2 Å². The van der Waals surface area contributed by atoms with Gasteiger partial charge in [0.25, 0.3) is 11.5 Å². The number of aromatic nitrogens is 2. The molecule has 3 rings (SSSR count). The average Bonchev–Trinajstić information content (AvgIpc) is 2.69. The number of likely N-dealkylation sites (N-methyl/N-ethyl adjacent to an activating group) is 1. The number of aromatic amines is 1. The smallest absolute Gasteiger partial charge is 0.258 e. The number of rotatable bonds is 6. The lowest BCUT2D eigenvalue weighted by Gasteiger charge is -2.20. The lowest BCUT2D eigenvalue weighted by molar-refractivity contribution is -0.130. The summed E-state index contributed by atoms with van der Waals surface area (Å²) < 4.78 is 0. The van der Waals surface area contributed by atoms with Crippen LogP contribution >= 0.6 is 0 Å². The minimum Gasteiger partial charge on any atom is -0.343 e. The first-order chi connectivity index (χ1) is 13.9. The molecule has 0 radical (unpaired) electrons. The number of nitrogens with one attached hydrogen (secondary N) is 2. The van der Waals surface area contributed by atoms with E-state index in [0.29, 0.717) is 28.8 Å². The van der Waals surface area contributed by atoms with E-state index >= 15 is 0 Å². The molecule has 0 fully saturated rings. The fraction of sp³-hybridized carbons (Fsp3) is 0.273. The topological polar surface area (TPSA) is 95.2 Å². The first-order valence-corrected chi connectivity index (χ1v) is 9.49. The van der Waals surface area contributed by atoms with E-state index in [2.05, 4.69) is 15.3 Å². The molecule has 0 aliphatic rings. The number of hydrogen-bond donors (Lipinski definition) is 2. The van der Waals surface area contributed by atoms with Gasteiger partial charge in [-0.25, -0.2) is 4.98 Å². The molecule has 2 N–H and O–H groups in total. The quantitative estimate of drug-likeness (QED) is 0.673. The van der Waals surface area contributed by atoms with E-state index in [-0.39, 0.29) is 30.5 Å². The van der Waals surface area contributed by atoms with Gasteiger partial charge in [0, 0.05) is 12.1 Å². The van der Waals surface area contributed by atoms with Crippen molar-refractivity contribution in [2.45, 2.75) is 27.3 Å². The SMILES string of the molecule is CCN(Cc1nc2ccccc2c(=O)[nH]1)C(=O)CNC(=O)c1cc(C)cc(C)c1. The third kappa shape index (κ3) is 4.87. The Morgan fingerprint density at radius 1 is 1.10 bits per heavy atom. The molecule has 150 valence electrons. The number of benzene rings is 2. The van der Waals surface area contributed by atoms with Crippen LogP contribution in [-0.2, 0) is 11.3 Å². The summed E-state index contributed by atoms with van der Waals surface area (Å²) in [7, 11) is 0. The summed E-state index contributed by atoms with van der Waals surface area (Å²) in [6, 6.07) is 12.6. The fourth-order valence-electron chi connectivity index (χ4n) is 3.24. The number of fused-ring (bicyclic) bond motifs is 1. The average molecular weight is 392 g/mol. The maximum absolute atomic E-state index is 12.6. The van der Waals surface area contributed by atoms with E-state index in [9.17, 15) is 14.4 Å². The Kier molecular flexibility index (Phi) is 6.07. The highest BCUT2D eigenvalue weighted by Gasteiger charge is 2.16. The predicted octanol–water partition coefficient (Wildman–Crippen LogP) is 2.32. The van der Waals surface area contributed by atoms with Crippen molar-refractivity contribution in [3.05, 3.63) is 75.3 Å². The van der Waals surface area contributed by atoms with Crippen molar-refractivity contribution < 1.29 is 9.59 Å². The maximum Gasteiger partial charge on any atom is 0.258 e. The Bertz CT molecular complexity index is 1100. The third-order valence-corrected chi connectivity index (χ3v) is 4.62. The van der Waals surface area contributed by atoms with Gasteiger partial charge in [0.05, 0.1) is 24.0 Å². The Morgan fingerprint density at radius 2 is 1.79 bits per heavy atom. The van der Waals surface area contributed by atoms with Crippen molar-refractivity contribution in [3.8, 4) is 0 Å². The number of hydrogen-bond acceptors (Lipinski definition) is 4. The molecule has 0 unspecified atom stereocenters. The molecule has 7 heteroatoms. The van der Waals surface area contributed by atoms with E-state index in [0.717, 1.165) is 11.1 Å². The summed E-state index contributed by atoms with van der Waals surface area (Å²) in [5.41, 5.74) is 2.85. The Labute approximate surface area is 168 Å². The molecular weight excluding hydrogens is 368 g/mol. The van der Waals surface area contributed by atoms with E-state index in [1.54, 1.807) is 30.3 Å². The number of nitrogens with zero attached hydrogens (tertiary/aromatic N) is 2. The highest BCUT2D eigenvalue weighted by molar-refractivity contribution is 5.96. The van der Waals surface area contributed by atoms with E-state index in [1.807, 2.05) is 32.9 Å². The fourth-order valence-corrected chi connectivity index (χ4v) is 3.24. The van der Waals surface area contributed by atoms with Crippen LogP contribution in [0.4, 0.5) is 0 Å². The molecule has 0 saturated carbocycles. The van der Waals surface area contributed by atoms with Gasteiger partial charge in [-0.05, 0) is 45.0 Å². The first kappa shape index (κ1) is 20.3. The van der Waals surface area contributed by atoms with Crippen molar-refractivity contribution in [2.24, 2.45) is 0 Å². The summed E-state index contributed by atoms with van der Waals surface area (Å²) in [5.74, 6) is -0.135. The normalized spacial score (nSPS) is 10.7. The molecule has 7 nitrogen and oxygen atoms in total. The Hall–Kier alpha value is -3.48. The number of carbonyl (C=O) groups excluding carboxylic acids is 2. The van der Waals surface area contributed by atoms with Crippen molar-refractivity contribution in [1.82, 2.24) is 20.2 Å². The minimum absolute atomic E-state index is 0.128. The van der Waals surface area contributed by atoms with Crippen molar-refractivity contribution in [1.29, 1.82) is 0 Å². The highest BCUT2D eigenvalue weighted by Crippen LogP contribution is 2.09. The van der Waals surface area contributed by atoms with Gasteiger partial charge in [0.2, 0.25) is 5.91 Å². The molecule has 29 heavy (non-hydrogen) atoms. The van der Waals surface area contributed by atoms with Crippen molar-refractivity contribution in [2.75, 3.05) is 13.1 Å². The largest absolute Gasteiger partial charge is 0.343 e. The standard InChI is InChI=1S/C22H24N4O3/c1-4-26(13-19-24-18-8-6-5-7-17(18)22(29)25-19)20(27)12-23-21(28)16-10-14(2)9-15(3)11-16/h5-11H,4,12-13H2,1-3H3,(H,23,28)(H,24,25,29). The van der Waals surface area contributed by atoms with Gasteiger partial charge in [-0.15, -0.1) is 0 Å². The molecule has 0 aliphatic carbocycles. The summed E-state index contributed by atoms with van der Waals surface area (Å²) in [6.45, 7) is 6.14. The van der Waals surface area contributed by atoms with Gasteiger partial charge in [0.15, 0.2) is 0 Å². The van der Waals surface area contributed by atoms with E-state index < -0.39 is 0 Å². The van der Waals surface area contributed by atoms with Gasteiger partial charge in [-0.2, -0.15) is 0 Å². The number of H-pyrrole nitrogens is 1. The zero-order valence-electron chi connectivity index (χ0n) is 16.8. The molecule has 1 aromatic heterocycles. The zero-order valence-corrected chi connectivity index (χ0v) is 16.8. The lowest BCUT2D eigenvalue weighted by Crippen LogP contribution is -2.40. The summed E-state index contributed by atoms with van der Waals surface area (Å²) in [4.78, 5) is 45.9. The van der Waals surface area contributed by atoms with Crippen LogP contribution in [0.2, 0.25) is 0 Å². The van der Waals surface area contributed by atoms with Gasteiger partial charge in [-0.3, -0.25) is 14.4 Å². The van der Waals surface area contributed by atoms with Crippen LogP contribution in [0.3, 0.4) is 0 Å². The zero-order chi connectivity index (χ0) is 21.0. The molecule has 1 heterocycles. The molecule has 2 amide bonds. The van der Waals surface area contributed by atoms with Gasteiger partial charge >= 0.3 is 0 Å². The predicted molar refractivity (Wildman–Crippen MR) is 112 cm³/mol. The van der Waals surface area contributed by atoms with Gasteiger partial charge in [-0.1, -0.05) is 29.3 Å². The Morgan fingerprint density at radius 3 is 2.48 bits per heavy atom. The second-order valence-electron chi connectivity index (χ2n) is 7.00. The van der Waals surface area contributed by atoms with Crippen LogP contribution in [0, 0.1) is 13.8 Å². The summed E-state index contributed by atoms with van der Waals surface area (Å²) >= 11 is 0. The first-order valence-electron chi connectivity index (χ1n) is 9.49. The van der Waals surface area contributed by atoms with E-state index in [4.69, 9.17) is 0 Å². The molecule has 0 spiro atoms. The number of carbonyl (C=O) groups is 2. The monoisotopic (exact) mass is 392 g/mol. The molecule has 0 aliphatic heterocycles. The van der Waals surface area contributed by atoms with Gasteiger partial charge in [0.1, 0.15) is 5.82 Å². The van der Waals surface area contributed by atoms with E-state index in [1.165, 1.54) is 4.90 Å². The third-order valence-electron chi connectivity index (χ3n) is 4.62. The van der Waals surface area contributed by atoms with Crippen LogP contribution in [0.1, 0.15) is 34.2 Å². The van der Waals surface area contributed by atoms with Crippen molar-refractivity contribution in [3.63, 3.8) is 0 Å². The number of amides is 2. The molecule has 3 aromatic rings. The molecule has 2 aromatic carbocycles. The second kappa shape index (κ2) is 8.68. The Balaban J connectivity index is 1.67. The van der Waals surface area contributed by atoms with Crippen LogP contribution in [0.25, 0.3) is 10.9 Å². The number of para-hydroxylation sites is 1. The van der Waals surface area contributed by atoms with Crippen LogP contribution in [0.5, 0.6) is 0 Å². The maximum atomic E-state index is 12.6. The summed E-state index contributed by atoms with van der Waals surface area (Å²) in [6.07, 6.45) is 0. The molecule has 0 bridgehead atoms. The molecule has 0 saturated heterocycles. The van der Waals surface area contributed by atoms with Crippen LogP contribution in [0.15, 0.2) is 47.3 Å². The lowest BCUT2D eigenvalue weighted by atomic mass is 10.1. The molecule has 0 atom stereocenters. The van der Waals surface area contributed by atoms with Crippen molar-refractivity contribution >= 4 is 22.7 Å². The number of aryl methyl sites for hydroxylation is 2. The highest BCUT2D eigenvalue weighted by atomic mass is 16.2. The van der Waals surface area contributed by atoms with Crippen LogP contribution < -0.4 is 10.9 Å². The minimum atomic E-state index is -0.293. The van der Waals surface area contributed by atoms with Crippen LogP contribution in [-0.4, -0.2) is 39.8 Å².